The van der Waals surface area contributed by atoms with Gasteiger partial charge in [-0.05, 0) is 20.8 Å². The number of alkyl halides is 2. The molecule has 1 rings (SSSR count). The van der Waals surface area contributed by atoms with Crippen molar-refractivity contribution in [1.82, 2.24) is 4.90 Å². The summed E-state index contributed by atoms with van der Waals surface area (Å²) in [5.74, 6) is -0.575. The molecule has 1 amide bonds. The highest BCUT2D eigenvalue weighted by molar-refractivity contribution is 6.28. The number of ether oxygens (including phenoxy) is 1. The lowest BCUT2D eigenvalue weighted by atomic mass is 10.1. The Bertz CT molecular complexity index is 316. The lowest BCUT2D eigenvalue weighted by Crippen LogP contribution is -2.43. The molecule has 0 spiro atoms. The second-order valence-corrected chi connectivity index (χ2v) is 5.35. The third-order valence-corrected chi connectivity index (χ3v) is 2.64. The average Bonchev–Trinajstić information content (AvgIpc) is 2.56. The summed E-state index contributed by atoms with van der Waals surface area (Å²) < 4.78 is 18.4. The molecule has 0 aromatic rings. The fraction of sp³-hybridized carbons (Fsp3) is 0.818. The van der Waals surface area contributed by atoms with Gasteiger partial charge in [-0.1, -0.05) is 0 Å². The van der Waals surface area contributed by atoms with Gasteiger partial charge in [0.15, 0.2) is 5.78 Å². The number of hydrogen-bond acceptors (Lipinski definition) is 3. The zero-order valence-electron chi connectivity index (χ0n) is 10.2. The van der Waals surface area contributed by atoms with Gasteiger partial charge in [0.1, 0.15) is 11.8 Å². The summed E-state index contributed by atoms with van der Waals surface area (Å²) in [4.78, 5) is 24.4. The van der Waals surface area contributed by atoms with Crippen molar-refractivity contribution in [3.63, 3.8) is 0 Å². The molecule has 0 aromatic heterocycles. The SMILES string of the molecule is CC(C)(C)OC(=O)N1C[C@@H](F)C[C@H]1C(=O)CCl. The van der Waals surface area contributed by atoms with Gasteiger partial charge in [-0.2, -0.15) is 0 Å². The molecule has 98 valence electrons. The largest absolute Gasteiger partial charge is 0.444 e. The zero-order valence-corrected chi connectivity index (χ0v) is 11.0. The highest BCUT2D eigenvalue weighted by atomic mass is 35.5. The summed E-state index contributed by atoms with van der Waals surface area (Å²) in [6, 6.07) is -0.794. The van der Waals surface area contributed by atoms with Gasteiger partial charge in [-0.15, -0.1) is 11.6 Å². The van der Waals surface area contributed by atoms with E-state index in [4.69, 9.17) is 16.3 Å². The summed E-state index contributed by atoms with van der Waals surface area (Å²) in [5.41, 5.74) is -0.667. The highest BCUT2D eigenvalue weighted by Crippen LogP contribution is 2.24. The van der Waals surface area contributed by atoms with Crippen molar-refractivity contribution in [2.45, 2.75) is 45.0 Å². The summed E-state index contributed by atoms with van der Waals surface area (Å²) in [6.07, 6.45) is -1.86. The van der Waals surface area contributed by atoms with Gasteiger partial charge in [0.2, 0.25) is 0 Å². The Morgan fingerprint density at radius 1 is 1.47 bits per heavy atom. The number of hydrogen-bond donors (Lipinski definition) is 0. The number of rotatable bonds is 2. The van der Waals surface area contributed by atoms with Crippen LogP contribution in [0.5, 0.6) is 0 Å². The smallest absolute Gasteiger partial charge is 0.411 e. The molecule has 0 saturated carbocycles. The maximum atomic E-state index is 13.3. The van der Waals surface area contributed by atoms with Crippen molar-refractivity contribution in [1.29, 1.82) is 0 Å². The van der Waals surface area contributed by atoms with Crippen molar-refractivity contribution in [2.24, 2.45) is 0 Å². The van der Waals surface area contributed by atoms with Crippen LogP contribution in [0, 0.1) is 0 Å². The average molecular weight is 266 g/mol. The van der Waals surface area contributed by atoms with E-state index in [2.05, 4.69) is 0 Å². The standard InChI is InChI=1S/C11H17ClFNO3/c1-11(2,3)17-10(16)14-6-7(13)4-8(14)9(15)5-12/h7-8H,4-6H2,1-3H3/t7-,8-/m0/s1. The maximum absolute atomic E-state index is 13.3. The minimum Gasteiger partial charge on any atom is -0.444 e. The Morgan fingerprint density at radius 2 is 2.06 bits per heavy atom. The van der Waals surface area contributed by atoms with Gasteiger partial charge < -0.3 is 4.74 Å². The third-order valence-electron chi connectivity index (χ3n) is 2.38. The molecule has 1 heterocycles. The number of ketones is 1. The molecule has 1 aliphatic rings. The van der Waals surface area contributed by atoms with E-state index in [9.17, 15) is 14.0 Å². The second-order valence-electron chi connectivity index (χ2n) is 5.08. The number of likely N-dealkylation sites (tertiary alicyclic amines) is 1. The quantitative estimate of drug-likeness (QED) is 0.719. The minimum absolute atomic E-state index is 0.00476. The number of halogens is 2. The number of Topliss-reactive ketones (excluding diaryl/α,β-unsaturated/α-hetero) is 1. The molecule has 0 aromatic carbocycles. The van der Waals surface area contributed by atoms with Crippen molar-refractivity contribution in [3.05, 3.63) is 0 Å². The topological polar surface area (TPSA) is 46.6 Å². The molecule has 2 atom stereocenters. The fourth-order valence-electron chi connectivity index (χ4n) is 1.70. The molecule has 1 saturated heterocycles. The van der Waals surface area contributed by atoms with Crippen LogP contribution in [0.25, 0.3) is 0 Å². The van der Waals surface area contributed by atoms with Crippen LogP contribution in [-0.2, 0) is 9.53 Å². The predicted molar refractivity (Wildman–Crippen MR) is 62.0 cm³/mol. The first kappa shape index (κ1) is 14.2. The second kappa shape index (κ2) is 5.21. The van der Waals surface area contributed by atoms with Gasteiger partial charge in [-0.3, -0.25) is 9.69 Å². The number of carbonyl (C=O) groups excluding carboxylic acids is 2. The van der Waals surface area contributed by atoms with Crippen molar-refractivity contribution in [3.8, 4) is 0 Å². The molecular weight excluding hydrogens is 249 g/mol. The summed E-state index contributed by atoms with van der Waals surface area (Å²) in [5, 5.41) is 0. The number of carbonyl (C=O) groups is 2. The van der Waals surface area contributed by atoms with Crippen LogP contribution in [0.1, 0.15) is 27.2 Å². The summed E-state index contributed by atoms with van der Waals surface area (Å²) >= 11 is 5.43. The molecular formula is C11H17ClFNO3. The third kappa shape index (κ3) is 3.84. The molecule has 4 nitrogen and oxygen atoms in total. The minimum atomic E-state index is -1.19. The van der Waals surface area contributed by atoms with Gasteiger partial charge in [0.05, 0.1) is 18.5 Å². The van der Waals surface area contributed by atoms with Crippen LogP contribution in [0.2, 0.25) is 0 Å². The Hall–Kier alpha value is -0.840. The van der Waals surface area contributed by atoms with Crippen LogP contribution in [0.3, 0.4) is 0 Å². The van der Waals surface area contributed by atoms with Crippen LogP contribution in [0.4, 0.5) is 9.18 Å². The number of nitrogens with zero attached hydrogens (tertiary/aromatic N) is 1. The van der Waals surface area contributed by atoms with Gasteiger partial charge in [-0.25, -0.2) is 9.18 Å². The van der Waals surface area contributed by atoms with E-state index in [1.54, 1.807) is 20.8 Å². The molecule has 17 heavy (non-hydrogen) atoms. The molecule has 0 unspecified atom stereocenters. The van der Waals surface area contributed by atoms with Crippen LogP contribution in [-0.4, -0.2) is 47.0 Å². The monoisotopic (exact) mass is 265 g/mol. The van der Waals surface area contributed by atoms with Crippen LogP contribution in [0.15, 0.2) is 0 Å². The summed E-state index contributed by atoms with van der Waals surface area (Å²) in [7, 11) is 0. The number of amides is 1. The molecule has 0 bridgehead atoms. The van der Waals surface area contributed by atoms with Crippen molar-refractivity contribution >= 4 is 23.5 Å². The molecule has 1 fully saturated rings. The highest BCUT2D eigenvalue weighted by Gasteiger charge is 2.40. The van der Waals surface area contributed by atoms with E-state index >= 15 is 0 Å². The molecule has 0 N–H and O–H groups in total. The van der Waals surface area contributed by atoms with Crippen LogP contribution < -0.4 is 0 Å². The van der Waals surface area contributed by atoms with E-state index in [0.717, 1.165) is 4.90 Å². The first-order valence-corrected chi connectivity index (χ1v) is 6.00. The van der Waals surface area contributed by atoms with E-state index in [0.29, 0.717) is 0 Å². The summed E-state index contributed by atoms with van der Waals surface area (Å²) in [6.45, 7) is 5.03. The Balaban J connectivity index is 2.73. The van der Waals surface area contributed by atoms with Crippen LogP contribution >= 0.6 is 11.6 Å². The van der Waals surface area contributed by atoms with E-state index in [-0.39, 0.29) is 24.6 Å². The van der Waals surface area contributed by atoms with E-state index in [1.807, 2.05) is 0 Å². The van der Waals surface area contributed by atoms with E-state index in [1.165, 1.54) is 0 Å². The molecule has 0 radical (unpaired) electrons. The predicted octanol–water partition coefficient (Wildman–Crippen LogP) is 2.14. The lowest BCUT2D eigenvalue weighted by molar-refractivity contribution is -0.120. The van der Waals surface area contributed by atoms with E-state index < -0.39 is 23.9 Å². The zero-order chi connectivity index (χ0) is 13.2. The first-order valence-electron chi connectivity index (χ1n) is 5.47. The Morgan fingerprint density at radius 3 is 2.53 bits per heavy atom. The molecule has 6 heteroatoms. The normalized spacial score (nSPS) is 24.9. The van der Waals surface area contributed by atoms with Gasteiger partial charge in [0, 0.05) is 6.42 Å². The Kier molecular flexibility index (Phi) is 4.36. The molecule has 0 aliphatic carbocycles. The van der Waals surface area contributed by atoms with Crippen molar-refractivity contribution in [2.75, 3.05) is 12.4 Å². The van der Waals surface area contributed by atoms with Gasteiger partial charge >= 0.3 is 6.09 Å². The fourth-order valence-corrected chi connectivity index (χ4v) is 1.88. The van der Waals surface area contributed by atoms with Gasteiger partial charge in [0.25, 0.3) is 0 Å². The Labute approximate surface area is 105 Å². The van der Waals surface area contributed by atoms with Crippen molar-refractivity contribution < 1.29 is 18.7 Å². The molecule has 1 aliphatic heterocycles. The maximum Gasteiger partial charge on any atom is 0.411 e. The first-order chi connectivity index (χ1) is 7.74. The lowest BCUT2D eigenvalue weighted by Gasteiger charge is -2.27.